The Morgan fingerprint density at radius 3 is 2.86 bits per heavy atom. The monoisotopic (exact) mass is 406 g/mol. The molecule has 1 N–H and O–H groups in total. The number of carbonyl (C=O) groups excluding carboxylic acids is 1. The predicted octanol–water partition coefficient (Wildman–Crippen LogP) is 3.76. The number of alkyl halides is 3. The van der Waals surface area contributed by atoms with Crippen molar-refractivity contribution in [3.63, 3.8) is 0 Å². The van der Waals surface area contributed by atoms with Gasteiger partial charge >= 0.3 is 6.18 Å². The van der Waals surface area contributed by atoms with Gasteiger partial charge in [0.2, 0.25) is 0 Å². The molecule has 3 aromatic rings. The number of fused-ring (bicyclic) bond motifs is 1. The van der Waals surface area contributed by atoms with E-state index in [0.717, 1.165) is 15.6 Å². The standard InChI is InChI=1S/C20H21F3N4O2/c1-12-17(13(2)27(25-12)11-20(21,22)23)16-10-29-9-8-26(16)19(28)15-5-3-4-14-6-7-24-18(14)15/h3-7,16,24H,8-11H2,1-2H3/t16-/m1/s1. The number of nitrogens with zero attached hydrogens (tertiary/aromatic N) is 3. The summed E-state index contributed by atoms with van der Waals surface area (Å²) in [5, 5.41) is 5.00. The Kier molecular flexibility index (Phi) is 4.85. The first-order chi connectivity index (χ1) is 13.8. The molecule has 0 radical (unpaired) electrons. The van der Waals surface area contributed by atoms with Crippen LogP contribution in [0.15, 0.2) is 30.5 Å². The largest absolute Gasteiger partial charge is 0.408 e. The van der Waals surface area contributed by atoms with E-state index in [2.05, 4.69) is 10.1 Å². The average molecular weight is 406 g/mol. The van der Waals surface area contributed by atoms with Crippen LogP contribution in [-0.2, 0) is 11.3 Å². The summed E-state index contributed by atoms with van der Waals surface area (Å²) in [5.41, 5.74) is 2.74. The van der Waals surface area contributed by atoms with Gasteiger partial charge < -0.3 is 14.6 Å². The van der Waals surface area contributed by atoms with Gasteiger partial charge in [-0.1, -0.05) is 12.1 Å². The van der Waals surface area contributed by atoms with Crippen molar-refractivity contribution in [1.82, 2.24) is 19.7 Å². The molecular formula is C20H21F3N4O2. The molecule has 1 aromatic carbocycles. The minimum absolute atomic E-state index is 0.186. The minimum atomic E-state index is -4.37. The molecule has 1 fully saturated rings. The number of hydrogen-bond acceptors (Lipinski definition) is 3. The van der Waals surface area contributed by atoms with E-state index in [9.17, 15) is 18.0 Å². The number of halogens is 3. The van der Waals surface area contributed by atoms with Crippen molar-refractivity contribution < 1.29 is 22.7 Å². The summed E-state index contributed by atoms with van der Waals surface area (Å²) in [6, 6.07) is 6.87. The third-order valence-electron chi connectivity index (χ3n) is 5.31. The van der Waals surface area contributed by atoms with Crippen LogP contribution in [-0.4, -0.2) is 51.5 Å². The summed E-state index contributed by atoms with van der Waals surface area (Å²) in [6.07, 6.45) is -2.60. The Morgan fingerprint density at radius 1 is 1.31 bits per heavy atom. The minimum Gasteiger partial charge on any atom is -0.377 e. The van der Waals surface area contributed by atoms with Gasteiger partial charge in [-0.25, -0.2) is 0 Å². The van der Waals surface area contributed by atoms with E-state index in [-0.39, 0.29) is 12.5 Å². The lowest BCUT2D eigenvalue weighted by atomic mass is 10.0. The first-order valence-corrected chi connectivity index (χ1v) is 9.32. The Balaban J connectivity index is 1.72. The number of H-pyrrole nitrogens is 1. The second-order valence-electron chi connectivity index (χ2n) is 7.19. The highest BCUT2D eigenvalue weighted by Gasteiger charge is 2.36. The van der Waals surface area contributed by atoms with Gasteiger partial charge in [-0.2, -0.15) is 18.3 Å². The summed E-state index contributed by atoms with van der Waals surface area (Å²) < 4.78 is 45.2. The predicted molar refractivity (Wildman–Crippen MR) is 101 cm³/mol. The lowest BCUT2D eigenvalue weighted by Crippen LogP contribution is -2.44. The Labute approximate surface area is 165 Å². The topological polar surface area (TPSA) is 63.1 Å². The molecule has 1 atom stereocenters. The summed E-state index contributed by atoms with van der Waals surface area (Å²) in [7, 11) is 0. The maximum atomic E-state index is 13.4. The van der Waals surface area contributed by atoms with Crippen molar-refractivity contribution >= 4 is 16.8 Å². The van der Waals surface area contributed by atoms with Crippen LogP contribution < -0.4 is 0 Å². The van der Waals surface area contributed by atoms with Crippen molar-refractivity contribution in [3.05, 3.63) is 53.0 Å². The number of hydrogen-bond donors (Lipinski definition) is 1. The fourth-order valence-corrected chi connectivity index (χ4v) is 4.02. The molecule has 9 heteroatoms. The summed E-state index contributed by atoms with van der Waals surface area (Å²) >= 11 is 0. The SMILES string of the molecule is Cc1nn(CC(F)(F)F)c(C)c1[C@H]1COCCN1C(=O)c1cccc2cc[nH]c12. The van der Waals surface area contributed by atoms with E-state index in [0.29, 0.717) is 35.7 Å². The Hall–Kier alpha value is -2.81. The van der Waals surface area contributed by atoms with Gasteiger partial charge in [-0.15, -0.1) is 0 Å². The highest BCUT2D eigenvalue weighted by atomic mass is 19.4. The summed E-state index contributed by atoms with van der Waals surface area (Å²) in [4.78, 5) is 18.2. The number of morpholine rings is 1. The fourth-order valence-electron chi connectivity index (χ4n) is 4.02. The molecule has 6 nitrogen and oxygen atoms in total. The van der Waals surface area contributed by atoms with Crippen LogP contribution in [0, 0.1) is 13.8 Å². The molecule has 1 amide bonds. The molecule has 154 valence electrons. The van der Waals surface area contributed by atoms with E-state index >= 15 is 0 Å². The van der Waals surface area contributed by atoms with E-state index < -0.39 is 18.8 Å². The number of ether oxygens (including phenoxy) is 1. The van der Waals surface area contributed by atoms with Crippen LogP contribution in [0.4, 0.5) is 13.2 Å². The number of benzene rings is 1. The lowest BCUT2D eigenvalue weighted by molar-refractivity contribution is -0.143. The number of aromatic nitrogens is 3. The van der Waals surface area contributed by atoms with Crippen molar-refractivity contribution in [2.45, 2.75) is 32.6 Å². The van der Waals surface area contributed by atoms with E-state index in [1.54, 1.807) is 31.0 Å². The number of amides is 1. The quantitative estimate of drug-likeness (QED) is 0.721. The van der Waals surface area contributed by atoms with E-state index in [1.807, 2.05) is 18.2 Å². The first-order valence-electron chi connectivity index (χ1n) is 9.32. The van der Waals surface area contributed by atoms with Crippen molar-refractivity contribution in [2.24, 2.45) is 0 Å². The molecule has 1 aliphatic rings. The van der Waals surface area contributed by atoms with Crippen LogP contribution in [0.2, 0.25) is 0 Å². The number of carbonyl (C=O) groups is 1. The molecule has 0 spiro atoms. The van der Waals surface area contributed by atoms with Gasteiger partial charge in [-0.3, -0.25) is 9.48 Å². The van der Waals surface area contributed by atoms with Crippen LogP contribution >= 0.6 is 0 Å². The number of nitrogens with one attached hydrogen (secondary N) is 1. The lowest BCUT2D eigenvalue weighted by Gasteiger charge is -2.36. The van der Waals surface area contributed by atoms with Gasteiger partial charge in [0.25, 0.3) is 5.91 Å². The zero-order chi connectivity index (χ0) is 20.8. The van der Waals surface area contributed by atoms with Crippen LogP contribution in [0.5, 0.6) is 0 Å². The van der Waals surface area contributed by atoms with Gasteiger partial charge in [-0.05, 0) is 26.0 Å². The number of aromatic amines is 1. The van der Waals surface area contributed by atoms with Gasteiger partial charge in [0.15, 0.2) is 0 Å². The second-order valence-corrected chi connectivity index (χ2v) is 7.19. The van der Waals surface area contributed by atoms with Crippen LogP contribution in [0.1, 0.15) is 33.4 Å². The normalized spacial score (nSPS) is 17.8. The third kappa shape index (κ3) is 3.62. The maximum absolute atomic E-state index is 13.4. The molecule has 0 aliphatic carbocycles. The molecule has 3 heterocycles. The van der Waals surface area contributed by atoms with Crippen molar-refractivity contribution in [2.75, 3.05) is 19.8 Å². The van der Waals surface area contributed by atoms with Gasteiger partial charge in [0, 0.05) is 29.4 Å². The zero-order valence-corrected chi connectivity index (χ0v) is 16.1. The van der Waals surface area contributed by atoms with E-state index in [1.165, 1.54) is 0 Å². The van der Waals surface area contributed by atoms with Gasteiger partial charge in [0.1, 0.15) is 6.54 Å². The molecular weight excluding hydrogens is 385 g/mol. The Bertz CT molecular complexity index is 1050. The molecule has 0 saturated carbocycles. The second kappa shape index (κ2) is 7.22. The Morgan fingerprint density at radius 2 is 2.10 bits per heavy atom. The number of para-hydroxylation sites is 1. The van der Waals surface area contributed by atoms with Crippen LogP contribution in [0.3, 0.4) is 0 Å². The summed E-state index contributed by atoms with van der Waals surface area (Å²) in [6.45, 7) is 3.04. The molecule has 1 saturated heterocycles. The molecule has 2 aromatic heterocycles. The third-order valence-corrected chi connectivity index (χ3v) is 5.31. The molecule has 4 rings (SSSR count). The van der Waals surface area contributed by atoms with Gasteiger partial charge in [0.05, 0.1) is 36.0 Å². The molecule has 29 heavy (non-hydrogen) atoms. The zero-order valence-electron chi connectivity index (χ0n) is 16.1. The maximum Gasteiger partial charge on any atom is 0.408 e. The smallest absolute Gasteiger partial charge is 0.377 e. The number of rotatable bonds is 3. The molecule has 1 aliphatic heterocycles. The number of aryl methyl sites for hydroxylation is 1. The average Bonchev–Trinajstić information content (AvgIpc) is 3.24. The fraction of sp³-hybridized carbons (Fsp3) is 0.400. The highest BCUT2D eigenvalue weighted by molar-refractivity contribution is 6.05. The van der Waals surface area contributed by atoms with Crippen LogP contribution in [0.25, 0.3) is 10.9 Å². The first kappa shape index (κ1) is 19.5. The van der Waals surface area contributed by atoms with Crippen molar-refractivity contribution in [3.8, 4) is 0 Å². The van der Waals surface area contributed by atoms with Crippen molar-refractivity contribution in [1.29, 1.82) is 0 Å². The highest BCUT2D eigenvalue weighted by Crippen LogP contribution is 2.32. The van der Waals surface area contributed by atoms with E-state index in [4.69, 9.17) is 4.74 Å². The molecule has 0 bridgehead atoms. The summed E-state index contributed by atoms with van der Waals surface area (Å²) in [5.74, 6) is -0.186. The molecule has 0 unspecified atom stereocenters.